The zero-order valence-corrected chi connectivity index (χ0v) is 17.7. The second kappa shape index (κ2) is 10.0. The van der Waals surface area contributed by atoms with Gasteiger partial charge in [-0.05, 0) is 41.8 Å². The first kappa shape index (κ1) is 21.5. The Morgan fingerprint density at radius 1 is 1.13 bits per heavy atom. The van der Waals surface area contributed by atoms with Gasteiger partial charge >= 0.3 is 0 Å². The molecular weight excluding hydrogens is 402 g/mol. The van der Waals surface area contributed by atoms with Gasteiger partial charge in [0.1, 0.15) is 0 Å². The van der Waals surface area contributed by atoms with E-state index in [-0.39, 0.29) is 30.7 Å². The molecule has 2 N–H and O–H groups in total. The summed E-state index contributed by atoms with van der Waals surface area (Å²) in [5.41, 5.74) is 3.04. The predicted octanol–water partition coefficient (Wildman–Crippen LogP) is 3.48. The van der Waals surface area contributed by atoms with Gasteiger partial charge < -0.3 is 10.6 Å². The summed E-state index contributed by atoms with van der Waals surface area (Å²) in [4.78, 5) is 28.7. The van der Waals surface area contributed by atoms with Crippen molar-refractivity contribution in [1.29, 1.82) is 0 Å². The van der Waals surface area contributed by atoms with Gasteiger partial charge in [-0.2, -0.15) is 5.10 Å². The Kier molecular flexibility index (Phi) is 7.19. The Bertz CT molecular complexity index is 1020. The molecule has 0 aliphatic rings. The number of nitrogens with zero attached hydrogens (tertiary/aromatic N) is 3. The minimum absolute atomic E-state index is 0.0656. The van der Waals surface area contributed by atoms with Crippen LogP contribution in [0.3, 0.4) is 0 Å². The lowest BCUT2D eigenvalue weighted by Gasteiger charge is -2.13. The fourth-order valence-corrected chi connectivity index (χ4v) is 3.26. The van der Waals surface area contributed by atoms with Crippen LogP contribution < -0.4 is 10.6 Å². The number of halogens is 1. The van der Waals surface area contributed by atoms with Crippen molar-refractivity contribution in [3.63, 3.8) is 0 Å². The van der Waals surface area contributed by atoms with Crippen molar-refractivity contribution in [2.45, 2.75) is 32.7 Å². The Morgan fingerprint density at radius 2 is 1.90 bits per heavy atom. The van der Waals surface area contributed by atoms with E-state index in [9.17, 15) is 9.59 Å². The van der Waals surface area contributed by atoms with Crippen LogP contribution in [0.15, 0.2) is 55.0 Å². The molecule has 2 aromatic heterocycles. The maximum Gasteiger partial charge on any atom is 0.254 e. The molecule has 2 heterocycles. The summed E-state index contributed by atoms with van der Waals surface area (Å²) < 4.78 is 1.73. The van der Waals surface area contributed by atoms with E-state index in [0.717, 1.165) is 16.9 Å². The highest BCUT2D eigenvalue weighted by Gasteiger charge is 2.21. The molecule has 3 aromatic rings. The third kappa shape index (κ3) is 5.45. The summed E-state index contributed by atoms with van der Waals surface area (Å²) in [6.45, 7) is 4.67. The molecule has 0 spiro atoms. The van der Waals surface area contributed by atoms with Crippen LogP contribution in [0.4, 0.5) is 0 Å². The van der Waals surface area contributed by atoms with Gasteiger partial charge in [0.05, 0.1) is 23.1 Å². The van der Waals surface area contributed by atoms with E-state index in [1.165, 1.54) is 0 Å². The first-order valence-electron chi connectivity index (χ1n) is 9.73. The number of rotatable bonds is 8. The quantitative estimate of drug-likeness (QED) is 0.578. The summed E-state index contributed by atoms with van der Waals surface area (Å²) in [5, 5.41) is 10.6. The first-order chi connectivity index (χ1) is 14.5. The standard InChI is InChI=1S/C22H24ClN5O2/c1-15(2)21-19(14-27-28(21)18-5-3-4-17(23)12-18)22(30)25-11-8-20(29)26-13-16-6-9-24-10-7-16/h3-7,9-10,12,14-15H,8,11,13H2,1-2H3,(H,25,30)(H,26,29). The monoisotopic (exact) mass is 425 g/mol. The van der Waals surface area contributed by atoms with Crippen molar-refractivity contribution in [2.75, 3.05) is 6.54 Å². The highest BCUT2D eigenvalue weighted by Crippen LogP contribution is 2.24. The van der Waals surface area contributed by atoms with E-state index < -0.39 is 0 Å². The van der Waals surface area contributed by atoms with Crippen LogP contribution in [-0.4, -0.2) is 33.1 Å². The molecule has 0 unspecified atom stereocenters. The number of benzene rings is 1. The van der Waals surface area contributed by atoms with Crippen molar-refractivity contribution < 1.29 is 9.59 Å². The van der Waals surface area contributed by atoms with Crippen LogP contribution in [-0.2, 0) is 11.3 Å². The summed E-state index contributed by atoms with van der Waals surface area (Å²) in [5.74, 6) is -0.323. The van der Waals surface area contributed by atoms with Crippen LogP contribution in [0, 0.1) is 0 Å². The van der Waals surface area contributed by atoms with E-state index >= 15 is 0 Å². The highest BCUT2D eigenvalue weighted by molar-refractivity contribution is 6.30. The SMILES string of the molecule is CC(C)c1c(C(=O)NCCC(=O)NCc2ccncc2)cnn1-c1cccc(Cl)c1. The third-order valence-corrected chi connectivity index (χ3v) is 4.76. The molecule has 0 aliphatic carbocycles. The van der Waals surface area contributed by atoms with Crippen molar-refractivity contribution >= 4 is 23.4 Å². The molecule has 7 nitrogen and oxygen atoms in total. The van der Waals surface area contributed by atoms with Gasteiger partial charge in [0, 0.05) is 36.9 Å². The normalized spacial score (nSPS) is 10.8. The zero-order valence-electron chi connectivity index (χ0n) is 16.9. The molecular formula is C22H24ClN5O2. The maximum absolute atomic E-state index is 12.7. The number of hydrogen-bond acceptors (Lipinski definition) is 4. The van der Waals surface area contributed by atoms with Crippen LogP contribution in [0.2, 0.25) is 5.02 Å². The number of carbonyl (C=O) groups is 2. The number of carbonyl (C=O) groups excluding carboxylic acids is 2. The topological polar surface area (TPSA) is 88.9 Å². The van der Waals surface area contributed by atoms with E-state index in [1.807, 2.05) is 38.1 Å². The Balaban J connectivity index is 1.59. The smallest absolute Gasteiger partial charge is 0.254 e. The molecule has 0 saturated heterocycles. The number of hydrogen-bond donors (Lipinski definition) is 2. The van der Waals surface area contributed by atoms with Crippen molar-refractivity contribution in [3.8, 4) is 5.69 Å². The molecule has 8 heteroatoms. The summed E-state index contributed by atoms with van der Waals surface area (Å²) >= 11 is 6.10. The Morgan fingerprint density at radius 3 is 2.60 bits per heavy atom. The lowest BCUT2D eigenvalue weighted by molar-refractivity contribution is -0.121. The average molecular weight is 426 g/mol. The molecule has 1 aromatic carbocycles. The largest absolute Gasteiger partial charge is 0.352 e. The summed E-state index contributed by atoms with van der Waals surface area (Å²) in [6, 6.07) is 11.0. The van der Waals surface area contributed by atoms with Gasteiger partial charge in [-0.25, -0.2) is 4.68 Å². The molecule has 30 heavy (non-hydrogen) atoms. The molecule has 0 atom stereocenters. The second-order valence-corrected chi connectivity index (χ2v) is 7.56. The molecule has 0 fully saturated rings. The average Bonchev–Trinajstić information content (AvgIpc) is 3.19. The minimum Gasteiger partial charge on any atom is -0.352 e. The number of aromatic nitrogens is 3. The van der Waals surface area contributed by atoms with E-state index in [4.69, 9.17) is 11.6 Å². The van der Waals surface area contributed by atoms with E-state index in [0.29, 0.717) is 17.1 Å². The molecule has 0 bridgehead atoms. The van der Waals surface area contributed by atoms with E-state index in [1.54, 1.807) is 35.4 Å². The number of nitrogens with one attached hydrogen (secondary N) is 2. The third-order valence-electron chi connectivity index (χ3n) is 4.53. The maximum atomic E-state index is 12.7. The fraction of sp³-hybridized carbons (Fsp3) is 0.273. The van der Waals surface area contributed by atoms with Gasteiger partial charge in [0.25, 0.3) is 5.91 Å². The molecule has 0 aliphatic heterocycles. The predicted molar refractivity (Wildman–Crippen MR) is 116 cm³/mol. The van der Waals surface area contributed by atoms with Gasteiger partial charge in [0.15, 0.2) is 0 Å². The van der Waals surface area contributed by atoms with E-state index in [2.05, 4.69) is 20.7 Å². The first-order valence-corrected chi connectivity index (χ1v) is 10.1. The molecule has 3 rings (SSSR count). The number of pyridine rings is 1. The van der Waals surface area contributed by atoms with Crippen molar-refractivity contribution in [2.24, 2.45) is 0 Å². The lowest BCUT2D eigenvalue weighted by atomic mass is 10.0. The van der Waals surface area contributed by atoms with Crippen LogP contribution >= 0.6 is 11.6 Å². The Hall–Kier alpha value is -3.19. The van der Waals surface area contributed by atoms with Gasteiger partial charge in [-0.15, -0.1) is 0 Å². The molecule has 156 valence electrons. The molecule has 0 saturated carbocycles. The van der Waals surface area contributed by atoms with Crippen LogP contribution in [0.25, 0.3) is 5.69 Å². The summed E-state index contributed by atoms with van der Waals surface area (Å²) in [7, 11) is 0. The Labute approximate surface area is 180 Å². The lowest BCUT2D eigenvalue weighted by Crippen LogP contribution is -2.31. The van der Waals surface area contributed by atoms with Crippen LogP contribution in [0.1, 0.15) is 47.8 Å². The zero-order chi connectivity index (χ0) is 21.5. The van der Waals surface area contributed by atoms with Crippen LogP contribution in [0.5, 0.6) is 0 Å². The fourth-order valence-electron chi connectivity index (χ4n) is 3.08. The molecule has 0 radical (unpaired) electrons. The molecule has 2 amide bonds. The second-order valence-electron chi connectivity index (χ2n) is 7.13. The van der Waals surface area contributed by atoms with Gasteiger partial charge in [-0.3, -0.25) is 14.6 Å². The van der Waals surface area contributed by atoms with Crippen molar-refractivity contribution in [3.05, 3.63) is 76.8 Å². The summed E-state index contributed by atoms with van der Waals surface area (Å²) in [6.07, 6.45) is 5.10. The van der Waals surface area contributed by atoms with Gasteiger partial charge in [-0.1, -0.05) is 31.5 Å². The van der Waals surface area contributed by atoms with Gasteiger partial charge in [0.2, 0.25) is 5.91 Å². The highest BCUT2D eigenvalue weighted by atomic mass is 35.5. The number of amides is 2. The minimum atomic E-state index is -0.256. The van der Waals surface area contributed by atoms with Crippen molar-refractivity contribution in [1.82, 2.24) is 25.4 Å².